The molecule has 0 spiro atoms. The lowest BCUT2D eigenvalue weighted by molar-refractivity contribution is -0.145. The van der Waals surface area contributed by atoms with Crippen LogP contribution in [0.1, 0.15) is 6.92 Å². The van der Waals surface area contributed by atoms with Gasteiger partial charge in [-0.1, -0.05) is 30.3 Å². The van der Waals surface area contributed by atoms with E-state index in [-0.39, 0.29) is 6.61 Å². The number of hydrogen-bond acceptors (Lipinski definition) is 4. The molecule has 2 aromatic carbocycles. The summed E-state index contributed by atoms with van der Waals surface area (Å²) in [6.45, 7) is 2.18. The van der Waals surface area contributed by atoms with Crippen LogP contribution in [0.3, 0.4) is 0 Å². The first-order valence-corrected chi connectivity index (χ1v) is 6.24. The van der Waals surface area contributed by atoms with Gasteiger partial charge in [-0.25, -0.2) is 0 Å². The van der Waals surface area contributed by atoms with Crippen LogP contribution in [0.2, 0.25) is 0 Å². The fourth-order valence-corrected chi connectivity index (χ4v) is 1.76. The lowest BCUT2D eigenvalue weighted by Crippen LogP contribution is -2.37. The highest BCUT2D eigenvalue weighted by molar-refractivity contribution is 5.83. The molecule has 0 bridgehead atoms. The molecule has 4 nitrogen and oxygen atoms in total. The third-order valence-electron chi connectivity index (χ3n) is 2.74. The lowest BCUT2D eigenvalue weighted by atomic mass is 10.1. The quantitative estimate of drug-likeness (QED) is 0.835. The average molecular weight is 259 g/mol. The van der Waals surface area contributed by atoms with Gasteiger partial charge in [-0.05, 0) is 29.8 Å². The standard InChI is InChI=1S/C15H17NO3/c1-2-18-15(17)14(16)10-19-13-8-7-11-5-3-4-6-12(11)9-13/h3-9,14H,2,10,16H2,1H3. The van der Waals surface area contributed by atoms with E-state index in [0.717, 1.165) is 10.8 Å². The van der Waals surface area contributed by atoms with E-state index in [1.54, 1.807) is 6.92 Å². The van der Waals surface area contributed by atoms with Crippen LogP contribution in [0.4, 0.5) is 0 Å². The highest BCUT2D eigenvalue weighted by atomic mass is 16.5. The van der Waals surface area contributed by atoms with Gasteiger partial charge in [-0.2, -0.15) is 0 Å². The number of benzene rings is 2. The fraction of sp³-hybridized carbons (Fsp3) is 0.267. The van der Waals surface area contributed by atoms with Crippen LogP contribution in [0.15, 0.2) is 42.5 Å². The van der Waals surface area contributed by atoms with Crippen molar-refractivity contribution < 1.29 is 14.3 Å². The van der Waals surface area contributed by atoms with Crippen molar-refractivity contribution in [3.8, 4) is 5.75 Å². The van der Waals surface area contributed by atoms with Gasteiger partial charge in [0.25, 0.3) is 0 Å². The van der Waals surface area contributed by atoms with Gasteiger partial charge in [0.05, 0.1) is 6.61 Å². The summed E-state index contributed by atoms with van der Waals surface area (Å²) >= 11 is 0. The molecule has 0 aromatic heterocycles. The maximum atomic E-state index is 11.3. The summed E-state index contributed by atoms with van der Waals surface area (Å²) in [4.78, 5) is 11.3. The van der Waals surface area contributed by atoms with Gasteiger partial charge in [-0.15, -0.1) is 0 Å². The van der Waals surface area contributed by atoms with E-state index in [4.69, 9.17) is 15.2 Å². The van der Waals surface area contributed by atoms with Crippen LogP contribution in [0.25, 0.3) is 10.8 Å². The van der Waals surface area contributed by atoms with Crippen LogP contribution in [-0.2, 0) is 9.53 Å². The largest absolute Gasteiger partial charge is 0.491 e. The zero-order valence-electron chi connectivity index (χ0n) is 10.8. The van der Waals surface area contributed by atoms with E-state index in [9.17, 15) is 4.79 Å². The first-order chi connectivity index (χ1) is 9.20. The molecule has 19 heavy (non-hydrogen) atoms. The maximum absolute atomic E-state index is 11.3. The van der Waals surface area contributed by atoms with Crippen molar-refractivity contribution in [2.75, 3.05) is 13.2 Å². The summed E-state index contributed by atoms with van der Waals surface area (Å²) in [5, 5.41) is 2.23. The first kappa shape index (κ1) is 13.4. The minimum Gasteiger partial charge on any atom is -0.491 e. The van der Waals surface area contributed by atoms with E-state index < -0.39 is 12.0 Å². The van der Waals surface area contributed by atoms with Crippen LogP contribution in [0, 0.1) is 0 Å². The number of carbonyl (C=O) groups is 1. The minimum absolute atomic E-state index is 0.108. The molecular weight excluding hydrogens is 242 g/mol. The Morgan fingerprint density at radius 3 is 2.68 bits per heavy atom. The number of carbonyl (C=O) groups excluding carboxylic acids is 1. The van der Waals surface area contributed by atoms with Crippen molar-refractivity contribution in [1.82, 2.24) is 0 Å². The molecule has 0 aliphatic carbocycles. The molecule has 1 atom stereocenters. The molecule has 1 unspecified atom stereocenters. The van der Waals surface area contributed by atoms with E-state index in [0.29, 0.717) is 12.4 Å². The number of ether oxygens (including phenoxy) is 2. The number of rotatable bonds is 5. The lowest BCUT2D eigenvalue weighted by Gasteiger charge is -2.12. The Kier molecular flexibility index (Phi) is 4.36. The summed E-state index contributed by atoms with van der Waals surface area (Å²) < 4.78 is 10.3. The SMILES string of the molecule is CCOC(=O)C(N)COc1ccc2ccccc2c1. The Balaban J connectivity index is 1.99. The Morgan fingerprint density at radius 2 is 1.95 bits per heavy atom. The molecule has 0 radical (unpaired) electrons. The predicted octanol–water partition coefficient (Wildman–Crippen LogP) is 2.11. The van der Waals surface area contributed by atoms with Gasteiger partial charge in [0.15, 0.2) is 0 Å². The second-order valence-electron chi connectivity index (χ2n) is 4.18. The molecule has 0 saturated heterocycles. The first-order valence-electron chi connectivity index (χ1n) is 6.24. The van der Waals surface area contributed by atoms with Gasteiger partial charge >= 0.3 is 5.97 Å². The third kappa shape index (κ3) is 3.45. The summed E-state index contributed by atoms with van der Waals surface area (Å²) in [7, 11) is 0. The highest BCUT2D eigenvalue weighted by Gasteiger charge is 2.15. The summed E-state index contributed by atoms with van der Waals surface area (Å²) in [5.41, 5.74) is 5.66. The summed E-state index contributed by atoms with van der Waals surface area (Å²) in [6, 6.07) is 13.0. The third-order valence-corrected chi connectivity index (χ3v) is 2.74. The van der Waals surface area contributed by atoms with E-state index >= 15 is 0 Å². The molecule has 100 valence electrons. The Labute approximate surface area is 112 Å². The van der Waals surface area contributed by atoms with Crippen LogP contribution >= 0.6 is 0 Å². The van der Waals surface area contributed by atoms with Crippen molar-refractivity contribution >= 4 is 16.7 Å². The highest BCUT2D eigenvalue weighted by Crippen LogP contribution is 2.20. The molecule has 4 heteroatoms. The average Bonchev–Trinajstić information content (AvgIpc) is 2.44. The molecule has 2 N–H and O–H groups in total. The fourth-order valence-electron chi connectivity index (χ4n) is 1.76. The van der Waals surface area contributed by atoms with Crippen molar-refractivity contribution in [3.05, 3.63) is 42.5 Å². The van der Waals surface area contributed by atoms with Crippen molar-refractivity contribution in [3.63, 3.8) is 0 Å². The van der Waals surface area contributed by atoms with Crippen molar-refractivity contribution in [1.29, 1.82) is 0 Å². The van der Waals surface area contributed by atoms with Gasteiger partial charge in [0.2, 0.25) is 0 Å². The maximum Gasteiger partial charge on any atom is 0.326 e. The molecule has 0 aliphatic heterocycles. The molecule has 0 saturated carbocycles. The zero-order valence-corrected chi connectivity index (χ0v) is 10.8. The normalized spacial score (nSPS) is 12.1. The van der Waals surface area contributed by atoms with Crippen LogP contribution in [-0.4, -0.2) is 25.2 Å². The van der Waals surface area contributed by atoms with Crippen molar-refractivity contribution in [2.45, 2.75) is 13.0 Å². The molecule has 0 fully saturated rings. The van der Waals surface area contributed by atoms with Crippen LogP contribution < -0.4 is 10.5 Å². The van der Waals surface area contributed by atoms with E-state index in [1.165, 1.54) is 0 Å². The van der Waals surface area contributed by atoms with E-state index in [2.05, 4.69) is 0 Å². The number of nitrogens with two attached hydrogens (primary N) is 1. The smallest absolute Gasteiger partial charge is 0.326 e. The summed E-state index contributed by atoms with van der Waals surface area (Å²) in [5.74, 6) is 0.252. The number of esters is 1. The second kappa shape index (κ2) is 6.20. The minimum atomic E-state index is -0.758. The van der Waals surface area contributed by atoms with Gasteiger partial charge in [0, 0.05) is 0 Å². The van der Waals surface area contributed by atoms with Gasteiger partial charge < -0.3 is 15.2 Å². The Bertz CT molecular complexity index is 568. The van der Waals surface area contributed by atoms with Crippen LogP contribution in [0.5, 0.6) is 5.75 Å². The predicted molar refractivity (Wildman–Crippen MR) is 74.1 cm³/mol. The molecule has 2 aromatic rings. The van der Waals surface area contributed by atoms with E-state index in [1.807, 2.05) is 42.5 Å². The zero-order chi connectivity index (χ0) is 13.7. The topological polar surface area (TPSA) is 61.5 Å². The Morgan fingerprint density at radius 1 is 1.21 bits per heavy atom. The Hall–Kier alpha value is -2.07. The number of hydrogen-bond donors (Lipinski definition) is 1. The monoisotopic (exact) mass is 259 g/mol. The number of fused-ring (bicyclic) bond motifs is 1. The molecule has 0 aliphatic rings. The molecular formula is C15H17NO3. The van der Waals surface area contributed by atoms with Gasteiger partial charge in [-0.3, -0.25) is 4.79 Å². The van der Waals surface area contributed by atoms with Gasteiger partial charge in [0.1, 0.15) is 18.4 Å². The second-order valence-corrected chi connectivity index (χ2v) is 4.18. The molecule has 0 heterocycles. The van der Waals surface area contributed by atoms with Crippen molar-refractivity contribution in [2.24, 2.45) is 5.73 Å². The summed E-state index contributed by atoms with van der Waals surface area (Å²) in [6.07, 6.45) is 0. The molecule has 2 rings (SSSR count). The molecule has 0 amide bonds.